The largest absolute Gasteiger partial charge is 0.350 e. The van der Waals surface area contributed by atoms with E-state index in [1.807, 2.05) is 23.6 Å². The highest BCUT2D eigenvalue weighted by molar-refractivity contribution is 7.13. The molecule has 0 aliphatic heterocycles. The summed E-state index contributed by atoms with van der Waals surface area (Å²) in [7, 11) is 0. The van der Waals surface area contributed by atoms with Crippen LogP contribution in [-0.4, -0.2) is 21.9 Å². The molecule has 9 heteroatoms. The number of anilines is 2. The minimum Gasteiger partial charge on any atom is -0.350 e. The zero-order valence-electron chi connectivity index (χ0n) is 14.8. The molecule has 3 rings (SSSR count). The number of nitrogens with zero attached hydrogens (tertiary/aromatic N) is 2. The van der Waals surface area contributed by atoms with E-state index in [9.17, 15) is 9.59 Å². The van der Waals surface area contributed by atoms with Gasteiger partial charge in [-0.15, -0.1) is 11.3 Å². The van der Waals surface area contributed by atoms with Crippen molar-refractivity contribution >= 4 is 45.7 Å². The van der Waals surface area contributed by atoms with Crippen LogP contribution >= 0.6 is 22.9 Å². The molecule has 0 aliphatic carbocycles. The SMILES string of the molecule is O=C(CCc1csc(NC(=O)Nc2cccc(Cl)c2)n1)NCc1ccccn1. The van der Waals surface area contributed by atoms with Gasteiger partial charge in [0.2, 0.25) is 5.91 Å². The number of hydrogen-bond donors (Lipinski definition) is 3. The van der Waals surface area contributed by atoms with Gasteiger partial charge in [-0.2, -0.15) is 0 Å². The standard InChI is InChI=1S/C19H18ClN5O2S/c20-13-4-3-6-14(10-13)23-18(27)25-19-24-16(12-28-19)7-8-17(26)22-11-15-5-1-2-9-21-15/h1-6,9-10,12H,7-8,11H2,(H,22,26)(H2,23,24,25,27). The van der Waals surface area contributed by atoms with Crippen molar-refractivity contribution in [2.75, 3.05) is 10.6 Å². The lowest BCUT2D eigenvalue weighted by atomic mass is 10.2. The highest BCUT2D eigenvalue weighted by atomic mass is 35.5. The minimum absolute atomic E-state index is 0.0770. The summed E-state index contributed by atoms with van der Waals surface area (Å²) >= 11 is 7.19. The summed E-state index contributed by atoms with van der Waals surface area (Å²) in [6, 6.07) is 12.0. The second kappa shape index (κ2) is 9.82. The Morgan fingerprint density at radius 1 is 1.07 bits per heavy atom. The number of carbonyl (C=O) groups excluding carboxylic acids is 2. The molecular weight excluding hydrogens is 398 g/mol. The fraction of sp³-hybridized carbons (Fsp3) is 0.158. The Morgan fingerprint density at radius 2 is 1.96 bits per heavy atom. The van der Waals surface area contributed by atoms with E-state index in [-0.39, 0.29) is 5.91 Å². The maximum Gasteiger partial charge on any atom is 0.325 e. The van der Waals surface area contributed by atoms with Gasteiger partial charge >= 0.3 is 6.03 Å². The first-order valence-electron chi connectivity index (χ1n) is 8.53. The average molecular weight is 416 g/mol. The highest BCUT2D eigenvalue weighted by Crippen LogP contribution is 2.18. The Labute approximate surface area is 171 Å². The predicted octanol–water partition coefficient (Wildman–Crippen LogP) is 4.08. The maximum atomic E-state index is 12.0. The van der Waals surface area contributed by atoms with Crippen LogP contribution in [0, 0.1) is 0 Å². The van der Waals surface area contributed by atoms with E-state index in [1.54, 1.807) is 30.5 Å². The molecule has 7 nitrogen and oxygen atoms in total. The lowest BCUT2D eigenvalue weighted by Crippen LogP contribution is -2.23. The van der Waals surface area contributed by atoms with Crippen molar-refractivity contribution in [3.63, 3.8) is 0 Å². The average Bonchev–Trinajstić information content (AvgIpc) is 3.12. The van der Waals surface area contributed by atoms with E-state index in [1.165, 1.54) is 11.3 Å². The zero-order chi connectivity index (χ0) is 19.8. The van der Waals surface area contributed by atoms with Crippen LogP contribution in [0.5, 0.6) is 0 Å². The smallest absolute Gasteiger partial charge is 0.325 e. The number of thiazole rings is 1. The number of pyridine rings is 1. The van der Waals surface area contributed by atoms with Gasteiger partial charge in [-0.25, -0.2) is 9.78 Å². The third-order valence-electron chi connectivity index (χ3n) is 3.66. The van der Waals surface area contributed by atoms with Gasteiger partial charge < -0.3 is 10.6 Å². The topological polar surface area (TPSA) is 96.0 Å². The number of carbonyl (C=O) groups is 2. The first kappa shape index (κ1) is 19.8. The van der Waals surface area contributed by atoms with Crippen LogP contribution in [0.1, 0.15) is 17.8 Å². The highest BCUT2D eigenvalue weighted by Gasteiger charge is 2.09. The molecule has 0 unspecified atom stereocenters. The molecule has 0 bridgehead atoms. The number of benzene rings is 1. The Morgan fingerprint density at radius 3 is 2.75 bits per heavy atom. The number of amides is 3. The summed E-state index contributed by atoms with van der Waals surface area (Å²) < 4.78 is 0. The first-order valence-corrected chi connectivity index (χ1v) is 9.79. The number of hydrogen-bond acceptors (Lipinski definition) is 5. The summed E-state index contributed by atoms with van der Waals surface area (Å²) in [6.07, 6.45) is 2.49. The monoisotopic (exact) mass is 415 g/mol. The van der Waals surface area contributed by atoms with Gasteiger partial charge in [0.15, 0.2) is 5.13 Å². The second-order valence-corrected chi connectivity index (χ2v) is 7.13. The van der Waals surface area contributed by atoms with Crippen molar-refractivity contribution in [3.05, 3.63) is 70.5 Å². The summed E-state index contributed by atoms with van der Waals surface area (Å²) in [5.74, 6) is -0.0770. The van der Waals surface area contributed by atoms with E-state index < -0.39 is 6.03 Å². The van der Waals surface area contributed by atoms with Crippen LogP contribution in [0.3, 0.4) is 0 Å². The Kier molecular flexibility index (Phi) is 6.94. The van der Waals surface area contributed by atoms with Crippen LogP contribution < -0.4 is 16.0 Å². The number of urea groups is 1. The second-order valence-electron chi connectivity index (χ2n) is 5.83. The molecule has 0 radical (unpaired) electrons. The quantitative estimate of drug-likeness (QED) is 0.541. The third kappa shape index (κ3) is 6.33. The predicted molar refractivity (Wildman–Crippen MR) is 111 cm³/mol. The van der Waals surface area contributed by atoms with Crippen molar-refractivity contribution in [2.45, 2.75) is 19.4 Å². The molecule has 0 atom stereocenters. The van der Waals surface area contributed by atoms with Gasteiger partial charge in [-0.3, -0.25) is 15.1 Å². The fourth-order valence-corrected chi connectivity index (χ4v) is 3.26. The van der Waals surface area contributed by atoms with E-state index in [0.717, 1.165) is 11.4 Å². The molecule has 0 aliphatic rings. The van der Waals surface area contributed by atoms with Crippen molar-refractivity contribution < 1.29 is 9.59 Å². The van der Waals surface area contributed by atoms with Crippen molar-refractivity contribution in [3.8, 4) is 0 Å². The molecule has 144 valence electrons. The molecule has 1 aromatic carbocycles. The summed E-state index contributed by atoms with van der Waals surface area (Å²) in [6.45, 7) is 0.396. The molecule has 0 fully saturated rings. The molecule has 3 amide bonds. The van der Waals surface area contributed by atoms with E-state index >= 15 is 0 Å². The van der Waals surface area contributed by atoms with Crippen LogP contribution in [0.15, 0.2) is 54.0 Å². The van der Waals surface area contributed by atoms with Crippen LogP contribution in [0.4, 0.5) is 15.6 Å². The van der Waals surface area contributed by atoms with Crippen molar-refractivity contribution in [1.82, 2.24) is 15.3 Å². The van der Waals surface area contributed by atoms with Crippen LogP contribution in [-0.2, 0) is 17.8 Å². The van der Waals surface area contributed by atoms with Gasteiger partial charge in [0.05, 0.1) is 17.9 Å². The van der Waals surface area contributed by atoms with Crippen LogP contribution in [0.25, 0.3) is 0 Å². The molecule has 0 saturated carbocycles. The normalized spacial score (nSPS) is 10.3. The Bertz CT molecular complexity index is 948. The Hall–Kier alpha value is -2.97. The number of nitrogens with one attached hydrogen (secondary N) is 3. The fourth-order valence-electron chi connectivity index (χ4n) is 2.33. The molecule has 3 N–H and O–H groups in total. The van der Waals surface area contributed by atoms with E-state index in [4.69, 9.17) is 11.6 Å². The van der Waals surface area contributed by atoms with E-state index in [2.05, 4.69) is 25.9 Å². The molecule has 2 heterocycles. The molecule has 3 aromatic rings. The van der Waals surface area contributed by atoms with Gasteiger partial charge in [-0.1, -0.05) is 23.7 Å². The van der Waals surface area contributed by atoms with Gasteiger partial charge in [-0.05, 0) is 36.8 Å². The van der Waals surface area contributed by atoms with Crippen LogP contribution in [0.2, 0.25) is 5.02 Å². The van der Waals surface area contributed by atoms with Crippen molar-refractivity contribution in [2.24, 2.45) is 0 Å². The van der Waals surface area contributed by atoms with Crippen molar-refractivity contribution in [1.29, 1.82) is 0 Å². The van der Waals surface area contributed by atoms with Gasteiger partial charge in [0, 0.05) is 28.7 Å². The maximum absolute atomic E-state index is 12.0. The number of aryl methyl sites for hydroxylation is 1. The van der Waals surface area contributed by atoms with Gasteiger partial charge in [0.1, 0.15) is 0 Å². The first-order chi connectivity index (χ1) is 13.6. The third-order valence-corrected chi connectivity index (χ3v) is 4.70. The van der Waals surface area contributed by atoms with E-state index in [0.29, 0.717) is 35.2 Å². The lowest BCUT2D eigenvalue weighted by Gasteiger charge is -2.05. The summed E-state index contributed by atoms with van der Waals surface area (Å²) in [5, 5.41) is 11.0. The molecule has 28 heavy (non-hydrogen) atoms. The zero-order valence-corrected chi connectivity index (χ0v) is 16.4. The molecule has 0 saturated heterocycles. The summed E-state index contributed by atoms with van der Waals surface area (Å²) in [5.41, 5.74) is 2.14. The molecular formula is C19H18ClN5O2S. The number of halogens is 1. The molecule has 0 spiro atoms. The number of rotatable bonds is 7. The minimum atomic E-state index is -0.406. The summed E-state index contributed by atoms with van der Waals surface area (Å²) in [4.78, 5) is 32.5. The lowest BCUT2D eigenvalue weighted by molar-refractivity contribution is -0.121. The van der Waals surface area contributed by atoms with Gasteiger partial charge in [0.25, 0.3) is 0 Å². The number of aromatic nitrogens is 2. The Balaban J connectivity index is 1.42. The molecule has 2 aromatic heterocycles.